The van der Waals surface area contributed by atoms with Crippen LogP contribution < -0.4 is 5.32 Å². The van der Waals surface area contributed by atoms with Crippen LogP contribution in [0.2, 0.25) is 0 Å². The lowest BCUT2D eigenvalue weighted by atomic mass is 9.51. The molecular formula is C22H31NO4S. The monoisotopic (exact) mass is 405 g/mol. The van der Waals surface area contributed by atoms with Crippen LogP contribution in [0.5, 0.6) is 0 Å². The molecule has 0 unspecified atom stereocenters. The van der Waals surface area contributed by atoms with Crippen molar-refractivity contribution in [2.45, 2.75) is 63.0 Å². The topological polar surface area (TPSA) is 83.5 Å². The molecule has 1 aromatic rings. The quantitative estimate of drug-likeness (QED) is 0.762. The number of carbonyl (C=O) groups excluding carboxylic acids is 1. The van der Waals surface area contributed by atoms with E-state index in [4.69, 9.17) is 0 Å². The molecule has 4 aliphatic carbocycles. The molecular weight excluding hydrogens is 374 g/mol. The highest BCUT2D eigenvalue weighted by Crippen LogP contribution is 2.56. The van der Waals surface area contributed by atoms with Crippen LogP contribution in [0.25, 0.3) is 0 Å². The zero-order chi connectivity index (χ0) is 20.1. The van der Waals surface area contributed by atoms with Gasteiger partial charge in [-0.1, -0.05) is 18.2 Å². The molecule has 5 rings (SSSR count). The molecule has 0 aromatic heterocycles. The van der Waals surface area contributed by atoms with Crippen molar-refractivity contribution in [2.24, 2.45) is 29.6 Å². The fourth-order valence-electron chi connectivity index (χ4n) is 6.27. The third-order valence-corrected chi connectivity index (χ3v) is 9.03. The number of nitrogens with one attached hydrogen (secondary N) is 1. The van der Waals surface area contributed by atoms with Gasteiger partial charge in [0.15, 0.2) is 9.84 Å². The van der Waals surface area contributed by atoms with Gasteiger partial charge in [0.2, 0.25) is 5.91 Å². The number of hydrogen-bond acceptors (Lipinski definition) is 4. The Morgan fingerprint density at radius 1 is 1.07 bits per heavy atom. The van der Waals surface area contributed by atoms with E-state index in [0.717, 1.165) is 11.8 Å². The number of rotatable bonds is 6. The molecule has 0 radical (unpaired) electrons. The molecule has 28 heavy (non-hydrogen) atoms. The lowest BCUT2D eigenvalue weighted by Gasteiger charge is -2.53. The van der Waals surface area contributed by atoms with Crippen molar-refractivity contribution in [3.63, 3.8) is 0 Å². The van der Waals surface area contributed by atoms with E-state index in [1.54, 1.807) is 24.3 Å². The lowest BCUT2D eigenvalue weighted by Crippen LogP contribution is -2.51. The van der Waals surface area contributed by atoms with Crippen molar-refractivity contribution in [1.29, 1.82) is 0 Å². The van der Waals surface area contributed by atoms with E-state index in [-0.39, 0.29) is 28.5 Å². The molecule has 4 aliphatic rings. The third-order valence-electron chi connectivity index (χ3n) is 7.07. The smallest absolute Gasteiger partial charge is 0.224 e. The highest BCUT2D eigenvalue weighted by Gasteiger charge is 2.50. The maximum absolute atomic E-state index is 13.2. The average molecular weight is 406 g/mol. The average Bonchev–Trinajstić information content (AvgIpc) is 2.59. The van der Waals surface area contributed by atoms with Gasteiger partial charge in [0.1, 0.15) is 0 Å². The lowest BCUT2D eigenvalue weighted by molar-refractivity contribution is -0.138. The summed E-state index contributed by atoms with van der Waals surface area (Å²) in [6.45, 7) is 3.32. The zero-order valence-electron chi connectivity index (χ0n) is 16.7. The van der Waals surface area contributed by atoms with Crippen LogP contribution in [0.4, 0.5) is 0 Å². The summed E-state index contributed by atoms with van der Waals surface area (Å²) in [7, 11) is -3.61. The number of amides is 1. The normalized spacial score (nSPS) is 33.5. The fraction of sp³-hybridized carbons (Fsp3) is 0.682. The van der Waals surface area contributed by atoms with Gasteiger partial charge < -0.3 is 10.4 Å². The van der Waals surface area contributed by atoms with Crippen molar-refractivity contribution >= 4 is 15.7 Å². The largest absolute Gasteiger partial charge is 0.392 e. The van der Waals surface area contributed by atoms with E-state index in [0.29, 0.717) is 17.4 Å². The predicted octanol–water partition coefficient (Wildman–Crippen LogP) is 3.09. The molecule has 0 aliphatic heterocycles. The standard InChI is InChI=1S/C22H31NO4S/c1-13(24)12-28(26,27)20-6-4-3-5-19(20)14(2)23-22(25)21-17-8-15-7-16(10-17)11-18(21)9-15/h3-6,13-18,21,24H,7-12H2,1-2H3,(H,23,25)/t13-,14+,15?,16?,17?,18?,21?/m1/s1. The summed E-state index contributed by atoms with van der Waals surface area (Å²) in [5, 5.41) is 12.7. The Morgan fingerprint density at radius 2 is 1.64 bits per heavy atom. The first-order valence-electron chi connectivity index (χ1n) is 10.5. The number of benzene rings is 1. The Kier molecular flexibility index (Phi) is 5.29. The van der Waals surface area contributed by atoms with Crippen LogP contribution in [-0.4, -0.2) is 31.3 Å². The minimum atomic E-state index is -3.61. The Bertz CT molecular complexity index is 820. The molecule has 154 valence electrons. The summed E-state index contributed by atoms with van der Waals surface area (Å²) in [4.78, 5) is 13.4. The van der Waals surface area contributed by atoms with Gasteiger partial charge in [-0.05, 0) is 81.3 Å². The number of sulfone groups is 1. The predicted molar refractivity (Wildman–Crippen MR) is 107 cm³/mol. The van der Waals surface area contributed by atoms with Crippen molar-refractivity contribution in [3.8, 4) is 0 Å². The maximum atomic E-state index is 13.2. The van der Waals surface area contributed by atoms with Crippen LogP contribution in [-0.2, 0) is 14.6 Å². The van der Waals surface area contributed by atoms with Crippen molar-refractivity contribution in [1.82, 2.24) is 5.32 Å². The van der Waals surface area contributed by atoms with Crippen LogP contribution in [0, 0.1) is 29.6 Å². The van der Waals surface area contributed by atoms with Crippen LogP contribution in [0.1, 0.15) is 57.6 Å². The van der Waals surface area contributed by atoms with Crippen LogP contribution >= 0.6 is 0 Å². The van der Waals surface area contributed by atoms with Gasteiger partial charge in [0.05, 0.1) is 22.8 Å². The third kappa shape index (κ3) is 3.73. The second-order valence-electron chi connectivity index (χ2n) is 9.36. The van der Waals surface area contributed by atoms with E-state index in [2.05, 4.69) is 5.32 Å². The van der Waals surface area contributed by atoms with Crippen LogP contribution in [0.15, 0.2) is 29.2 Å². The molecule has 4 fully saturated rings. The molecule has 1 amide bonds. The van der Waals surface area contributed by atoms with Crippen molar-refractivity contribution < 1.29 is 18.3 Å². The van der Waals surface area contributed by atoms with Gasteiger partial charge in [0.25, 0.3) is 0 Å². The van der Waals surface area contributed by atoms with E-state index in [1.165, 1.54) is 39.0 Å². The zero-order valence-corrected chi connectivity index (χ0v) is 17.5. The number of aliphatic hydroxyl groups excluding tert-OH is 1. The minimum absolute atomic E-state index is 0.0801. The number of aliphatic hydroxyl groups is 1. The van der Waals surface area contributed by atoms with Crippen molar-refractivity contribution in [2.75, 3.05) is 5.75 Å². The molecule has 6 heteroatoms. The first-order chi connectivity index (χ1) is 13.2. The summed E-state index contributed by atoms with van der Waals surface area (Å²) >= 11 is 0. The van der Waals surface area contributed by atoms with Gasteiger partial charge in [-0.15, -0.1) is 0 Å². The Labute approximate surface area is 167 Å². The number of carbonyl (C=O) groups is 1. The highest BCUT2D eigenvalue weighted by atomic mass is 32.2. The van der Waals surface area contributed by atoms with Gasteiger partial charge in [-0.2, -0.15) is 0 Å². The second kappa shape index (κ2) is 7.45. The van der Waals surface area contributed by atoms with E-state index in [9.17, 15) is 18.3 Å². The van der Waals surface area contributed by atoms with Crippen LogP contribution in [0.3, 0.4) is 0 Å². The molecule has 5 nitrogen and oxygen atoms in total. The molecule has 0 heterocycles. The maximum Gasteiger partial charge on any atom is 0.224 e. The SMILES string of the molecule is C[C@H](NC(=O)C1C2CC3CC(C2)CC1C3)c1ccccc1S(=O)(=O)C[C@@H](C)O. The highest BCUT2D eigenvalue weighted by molar-refractivity contribution is 7.91. The van der Waals surface area contributed by atoms with Crippen molar-refractivity contribution in [3.05, 3.63) is 29.8 Å². The van der Waals surface area contributed by atoms with Gasteiger partial charge in [-0.3, -0.25) is 4.79 Å². The minimum Gasteiger partial charge on any atom is -0.392 e. The Balaban J connectivity index is 1.52. The summed E-state index contributed by atoms with van der Waals surface area (Å²) in [6.07, 6.45) is 5.14. The first-order valence-corrected chi connectivity index (χ1v) is 12.2. The summed E-state index contributed by atoms with van der Waals surface area (Å²) in [5.41, 5.74) is 0.598. The molecule has 2 N–H and O–H groups in total. The summed E-state index contributed by atoms with van der Waals surface area (Å²) in [5.74, 6) is 2.47. The molecule has 4 saturated carbocycles. The summed E-state index contributed by atoms with van der Waals surface area (Å²) < 4.78 is 25.4. The van der Waals surface area contributed by atoms with Gasteiger partial charge in [0, 0.05) is 5.92 Å². The number of hydrogen-bond donors (Lipinski definition) is 2. The second-order valence-corrected chi connectivity index (χ2v) is 11.4. The van der Waals surface area contributed by atoms with Gasteiger partial charge in [-0.25, -0.2) is 8.42 Å². The van der Waals surface area contributed by atoms with Gasteiger partial charge >= 0.3 is 0 Å². The molecule has 0 saturated heterocycles. The first kappa shape index (κ1) is 19.9. The van der Waals surface area contributed by atoms with E-state index in [1.807, 2.05) is 6.92 Å². The van der Waals surface area contributed by atoms with E-state index < -0.39 is 15.9 Å². The van der Waals surface area contributed by atoms with E-state index >= 15 is 0 Å². The molecule has 1 aromatic carbocycles. The molecule has 0 spiro atoms. The summed E-state index contributed by atoms with van der Waals surface area (Å²) in [6, 6.07) is 6.42. The Morgan fingerprint density at radius 3 is 2.21 bits per heavy atom. The molecule has 4 bridgehead atoms. The fourth-order valence-corrected chi connectivity index (χ4v) is 7.97. The Hall–Kier alpha value is -1.40. The molecule has 2 atom stereocenters.